The molecule has 3 bridgehead atoms. The van der Waals surface area contributed by atoms with Gasteiger partial charge in [0.15, 0.2) is 5.03 Å². The van der Waals surface area contributed by atoms with Crippen LogP contribution in [0.15, 0.2) is 29.4 Å². The highest BCUT2D eigenvalue weighted by Gasteiger charge is 2.53. The number of hydrogen-bond acceptors (Lipinski definition) is 5. The molecule has 164 valence electrons. The van der Waals surface area contributed by atoms with Crippen LogP contribution in [-0.4, -0.2) is 53.5 Å². The van der Waals surface area contributed by atoms with E-state index in [0.29, 0.717) is 43.7 Å². The monoisotopic (exact) mass is 433 g/mol. The molecule has 4 fully saturated rings. The number of carbonyl (C=O) groups is 1. The number of hydrogen-bond donors (Lipinski definition) is 2. The van der Waals surface area contributed by atoms with Crippen LogP contribution in [0.25, 0.3) is 0 Å². The number of nitrogens with zero attached hydrogens (tertiary/aromatic N) is 2. The van der Waals surface area contributed by atoms with Crippen LogP contribution < -0.4 is 5.32 Å². The maximum atomic E-state index is 13.0. The van der Waals surface area contributed by atoms with Gasteiger partial charge >= 0.3 is 0 Å². The van der Waals surface area contributed by atoms with Gasteiger partial charge in [0.1, 0.15) is 0 Å². The van der Waals surface area contributed by atoms with Gasteiger partial charge in [-0.2, -0.15) is 4.31 Å². The van der Waals surface area contributed by atoms with Crippen molar-refractivity contribution in [3.05, 3.63) is 24.4 Å². The minimum absolute atomic E-state index is 0.0584. The number of amides is 1. The van der Waals surface area contributed by atoms with E-state index in [-0.39, 0.29) is 22.9 Å². The Morgan fingerprint density at radius 3 is 2.67 bits per heavy atom. The molecule has 8 heteroatoms. The Balaban J connectivity index is 1.20. The molecule has 0 spiro atoms. The van der Waals surface area contributed by atoms with E-state index >= 15 is 0 Å². The largest absolute Gasteiger partial charge is 0.390 e. The Hall–Kier alpha value is -1.51. The van der Waals surface area contributed by atoms with E-state index in [1.54, 1.807) is 12.1 Å². The first-order chi connectivity index (χ1) is 14.3. The first-order valence-electron chi connectivity index (χ1n) is 11.3. The predicted molar refractivity (Wildman–Crippen MR) is 111 cm³/mol. The topological polar surface area (TPSA) is 99.6 Å². The van der Waals surface area contributed by atoms with Crippen LogP contribution >= 0.6 is 0 Å². The number of sulfonamides is 1. The Labute approximate surface area is 178 Å². The lowest BCUT2D eigenvalue weighted by molar-refractivity contribution is -0.127. The third-order valence-electron chi connectivity index (χ3n) is 7.97. The van der Waals surface area contributed by atoms with Gasteiger partial charge in [-0.15, -0.1) is 0 Å². The first kappa shape index (κ1) is 20.4. The van der Waals surface area contributed by atoms with Crippen molar-refractivity contribution in [3.63, 3.8) is 0 Å². The van der Waals surface area contributed by atoms with Crippen molar-refractivity contribution in [1.29, 1.82) is 0 Å². The van der Waals surface area contributed by atoms with Crippen LogP contribution in [0, 0.1) is 23.7 Å². The highest BCUT2D eigenvalue weighted by Crippen LogP contribution is 2.55. The number of piperidine rings is 1. The summed E-state index contributed by atoms with van der Waals surface area (Å²) in [7, 11) is -3.60. The standard InChI is InChI=1S/C22H31N3O4S/c26-21(24-19-5-4-15-11-17-13-22(27,12-15)14-18(17)19)16-6-9-25(10-7-16)30(28,29)20-3-1-2-8-23-20/h1-3,8,15-19,27H,4-7,9-14H2,(H,24,26)/t15-,17+,18?,19?,22?/m0/s1. The van der Waals surface area contributed by atoms with Gasteiger partial charge < -0.3 is 10.4 Å². The molecule has 7 nitrogen and oxygen atoms in total. The summed E-state index contributed by atoms with van der Waals surface area (Å²) in [6, 6.07) is 5.03. The molecule has 3 aliphatic carbocycles. The average molecular weight is 434 g/mol. The molecule has 3 unspecified atom stereocenters. The lowest BCUT2D eigenvalue weighted by Gasteiger charge is -2.34. The minimum atomic E-state index is -3.60. The van der Waals surface area contributed by atoms with Crippen molar-refractivity contribution in [1.82, 2.24) is 14.6 Å². The van der Waals surface area contributed by atoms with Gasteiger partial charge in [0.25, 0.3) is 10.0 Å². The van der Waals surface area contributed by atoms with Crippen LogP contribution in [0.3, 0.4) is 0 Å². The van der Waals surface area contributed by atoms with Crippen molar-refractivity contribution in [2.24, 2.45) is 23.7 Å². The molecule has 1 aliphatic heterocycles. The van der Waals surface area contributed by atoms with E-state index in [9.17, 15) is 18.3 Å². The molecule has 5 rings (SSSR count). The van der Waals surface area contributed by atoms with Crippen LogP contribution in [0.5, 0.6) is 0 Å². The van der Waals surface area contributed by atoms with E-state index in [1.165, 1.54) is 23.0 Å². The molecule has 1 saturated heterocycles. The molecule has 0 radical (unpaired) electrons. The van der Waals surface area contributed by atoms with Gasteiger partial charge in [-0.25, -0.2) is 13.4 Å². The van der Waals surface area contributed by atoms with Crippen LogP contribution in [-0.2, 0) is 14.8 Å². The van der Waals surface area contributed by atoms with Crippen molar-refractivity contribution in [2.75, 3.05) is 13.1 Å². The second kappa shape index (κ2) is 7.57. The van der Waals surface area contributed by atoms with Gasteiger partial charge in [-0.1, -0.05) is 6.07 Å². The molecule has 5 atom stereocenters. The Bertz CT molecular complexity index is 900. The summed E-state index contributed by atoms with van der Waals surface area (Å²) in [6.07, 6.45) is 8.48. The minimum Gasteiger partial charge on any atom is -0.390 e. The third-order valence-corrected chi connectivity index (χ3v) is 9.78. The quantitative estimate of drug-likeness (QED) is 0.756. The van der Waals surface area contributed by atoms with Crippen LogP contribution in [0.4, 0.5) is 0 Å². The molecule has 0 aromatic carbocycles. The van der Waals surface area contributed by atoms with Crippen LogP contribution in [0.2, 0.25) is 0 Å². The molecular weight excluding hydrogens is 402 g/mol. The first-order valence-corrected chi connectivity index (χ1v) is 12.7. The zero-order chi connectivity index (χ0) is 20.9. The fraction of sp³-hybridized carbons (Fsp3) is 0.727. The highest BCUT2D eigenvalue weighted by molar-refractivity contribution is 7.89. The molecule has 2 heterocycles. The molecule has 30 heavy (non-hydrogen) atoms. The Kier molecular flexibility index (Phi) is 5.14. The van der Waals surface area contributed by atoms with E-state index in [1.807, 2.05) is 0 Å². The van der Waals surface area contributed by atoms with E-state index in [0.717, 1.165) is 32.1 Å². The molecule has 3 saturated carbocycles. The molecule has 4 aliphatic rings. The fourth-order valence-corrected chi connectivity index (χ4v) is 7.99. The number of fused-ring (bicyclic) bond motifs is 2. The number of carbonyl (C=O) groups excluding carboxylic acids is 1. The second-order valence-electron chi connectivity index (χ2n) is 9.90. The molecule has 1 aromatic heterocycles. The number of aromatic nitrogens is 1. The number of rotatable bonds is 4. The van der Waals surface area contributed by atoms with Gasteiger partial charge in [0.2, 0.25) is 5.91 Å². The normalized spacial score (nSPS) is 37.1. The Morgan fingerprint density at radius 2 is 1.93 bits per heavy atom. The fourth-order valence-electron chi connectivity index (χ4n) is 6.59. The average Bonchev–Trinajstić information content (AvgIpc) is 2.92. The van der Waals surface area contributed by atoms with Gasteiger partial charge in [-0.3, -0.25) is 4.79 Å². The maximum absolute atomic E-state index is 13.0. The van der Waals surface area contributed by atoms with Crippen molar-refractivity contribution < 1.29 is 18.3 Å². The van der Waals surface area contributed by atoms with Gasteiger partial charge in [-0.05, 0) is 81.3 Å². The molecule has 1 aromatic rings. The zero-order valence-corrected chi connectivity index (χ0v) is 18.1. The van der Waals surface area contributed by atoms with Gasteiger partial charge in [0, 0.05) is 31.2 Å². The summed E-state index contributed by atoms with van der Waals surface area (Å²) in [5.74, 6) is 1.42. The SMILES string of the molecule is O=C(NC1CC[C@H]2C[C@@H]3CC(O)(CC13)C2)C1CCN(S(=O)(=O)c2ccccn2)CC1. The molecule has 2 N–H and O–H groups in total. The van der Waals surface area contributed by atoms with E-state index in [4.69, 9.17) is 0 Å². The van der Waals surface area contributed by atoms with E-state index < -0.39 is 15.6 Å². The Morgan fingerprint density at radius 1 is 1.13 bits per heavy atom. The number of pyridine rings is 1. The number of aliphatic hydroxyl groups is 1. The summed E-state index contributed by atoms with van der Waals surface area (Å²) in [5, 5.41) is 14.2. The summed E-state index contributed by atoms with van der Waals surface area (Å²) in [6.45, 7) is 0.686. The lowest BCUT2D eigenvalue weighted by Crippen LogP contribution is -2.47. The van der Waals surface area contributed by atoms with Gasteiger partial charge in [0.05, 0.1) is 5.60 Å². The predicted octanol–water partition coefficient (Wildman–Crippen LogP) is 1.93. The lowest BCUT2D eigenvalue weighted by atomic mass is 9.77. The third kappa shape index (κ3) is 3.67. The van der Waals surface area contributed by atoms with Crippen molar-refractivity contribution in [2.45, 2.75) is 68.0 Å². The summed E-state index contributed by atoms with van der Waals surface area (Å²) >= 11 is 0. The summed E-state index contributed by atoms with van der Waals surface area (Å²) < 4.78 is 26.9. The smallest absolute Gasteiger partial charge is 0.260 e. The zero-order valence-electron chi connectivity index (χ0n) is 17.2. The van der Waals surface area contributed by atoms with Crippen molar-refractivity contribution >= 4 is 15.9 Å². The summed E-state index contributed by atoms with van der Waals surface area (Å²) in [4.78, 5) is 17.0. The van der Waals surface area contributed by atoms with Crippen LogP contribution in [0.1, 0.15) is 51.4 Å². The second-order valence-corrected chi connectivity index (χ2v) is 11.8. The summed E-state index contributed by atoms with van der Waals surface area (Å²) in [5.41, 5.74) is -0.507. The number of nitrogens with one attached hydrogen (secondary N) is 1. The maximum Gasteiger partial charge on any atom is 0.260 e. The molecular formula is C22H31N3O4S. The van der Waals surface area contributed by atoms with E-state index in [2.05, 4.69) is 10.3 Å². The molecule has 1 amide bonds. The van der Waals surface area contributed by atoms with Crippen molar-refractivity contribution in [3.8, 4) is 0 Å². The highest BCUT2D eigenvalue weighted by atomic mass is 32.2.